The molecule has 5 nitrogen and oxygen atoms in total. The molecule has 0 radical (unpaired) electrons. The van der Waals surface area contributed by atoms with E-state index >= 15 is 0 Å². The molecule has 120 valence electrons. The highest BCUT2D eigenvalue weighted by molar-refractivity contribution is 7.90. The molecular formula is C13H18F2O5S. The lowest BCUT2D eigenvalue weighted by Gasteiger charge is -2.15. The molecule has 1 rings (SSSR count). The second kappa shape index (κ2) is 7.56. The molecule has 1 atom stereocenters. The van der Waals surface area contributed by atoms with Crippen LogP contribution in [0, 0.1) is 0 Å². The van der Waals surface area contributed by atoms with Gasteiger partial charge in [-0.25, -0.2) is 8.42 Å². The van der Waals surface area contributed by atoms with Gasteiger partial charge >= 0.3 is 6.61 Å². The zero-order valence-electron chi connectivity index (χ0n) is 11.8. The van der Waals surface area contributed by atoms with E-state index in [1.807, 2.05) is 0 Å². The SMILES string of the molecule is COc1ccc(C(O)CCCS(C)(=O)=O)cc1OC(F)F. The van der Waals surface area contributed by atoms with Gasteiger partial charge in [0.2, 0.25) is 0 Å². The maximum atomic E-state index is 12.3. The Morgan fingerprint density at radius 2 is 1.95 bits per heavy atom. The zero-order valence-corrected chi connectivity index (χ0v) is 12.6. The van der Waals surface area contributed by atoms with Crippen LogP contribution in [0.15, 0.2) is 18.2 Å². The minimum Gasteiger partial charge on any atom is -0.493 e. The third-order valence-corrected chi connectivity index (χ3v) is 3.81. The van der Waals surface area contributed by atoms with Crippen LogP contribution < -0.4 is 9.47 Å². The fourth-order valence-electron chi connectivity index (χ4n) is 1.79. The molecule has 0 amide bonds. The largest absolute Gasteiger partial charge is 0.493 e. The van der Waals surface area contributed by atoms with Crippen molar-refractivity contribution in [2.75, 3.05) is 19.1 Å². The highest BCUT2D eigenvalue weighted by atomic mass is 32.2. The van der Waals surface area contributed by atoms with Crippen molar-refractivity contribution < 1.29 is 31.8 Å². The van der Waals surface area contributed by atoms with Crippen LogP contribution in [0.2, 0.25) is 0 Å². The minimum atomic E-state index is -3.09. The summed E-state index contributed by atoms with van der Waals surface area (Å²) in [6, 6.07) is 4.19. The highest BCUT2D eigenvalue weighted by Gasteiger charge is 2.15. The number of sulfone groups is 1. The van der Waals surface area contributed by atoms with Gasteiger partial charge in [0.05, 0.1) is 13.2 Å². The summed E-state index contributed by atoms with van der Waals surface area (Å²) in [6.45, 7) is -3.00. The van der Waals surface area contributed by atoms with Crippen LogP contribution in [-0.2, 0) is 9.84 Å². The van der Waals surface area contributed by atoms with Gasteiger partial charge in [-0.15, -0.1) is 0 Å². The fourth-order valence-corrected chi connectivity index (χ4v) is 2.49. The molecule has 1 aromatic carbocycles. The smallest absolute Gasteiger partial charge is 0.387 e. The van der Waals surface area contributed by atoms with Crippen molar-refractivity contribution in [1.29, 1.82) is 0 Å². The lowest BCUT2D eigenvalue weighted by atomic mass is 10.0. The molecule has 0 saturated heterocycles. The maximum absolute atomic E-state index is 12.3. The van der Waals surface area contributed by atoms with Gasteiger partial charge in [0, 0.05) is 12.0 Å². The fraction of sp³-hybridized carbons (Fsp3) is 0.538. The molecule has 0 saturated carbocycles. The molecule has 1 aromatic rings. The molecule has 0 aliphatic rings. The van der Waals surface area contributed by atoms with Crippen molar-refractivity contribution in [2.45, 2.75) is 25.6 Å². The Labute approximate surface area is 122 Å². The number of halogens is 2. The Hall–Kier alpha value is -1.41. The molecule has 1 unspecified atom stereocenters. The molecule has 0 heterocycles. The topological polar surface area (TPSA) is 72.8 Å². The van der Waals surface area contributed by atoms with Crippen LogP contribution in [0.1, 0.15) is 24.5 Å². The number of rotatable bonds is 8. The van der Waals surface area contributed by atoms with Gasteiger partial charge in [0.25, 0.3) is 0 Å². The number of aliphatic hydroxyl groups excluding tert-OH is 1. The van der Waals surface area contributed by atoms with Gasteiger partial charge in [0.15, 0.2) is 11.5 Å². The van der Waals surface area contributed by atoms with Gasteiger partial charge in [0.1, 0.15) is 9.84 Å². The normalized spacial score (nSPS) is 13.2. The van der Waals surface area contributed by atoms with Crippen LogP contribution in [-0.4, -0.2) is 39.3 Å². The summed E-state index contributed by atoms with van der Waals surface area (Å²) in [5, 5.41) is 9.96. The summed E-state index contributed by atoms with van der Waals surface area (Å²) in [4.78, 5) is 0. The van der Waals surface area contributed by atoms with Crippen molar-refractivity contribution in [2.24, 2.45) is 0 Å². The van der Waals surface area contributed by atoms with Gasteiger partial charge < -0.3 is 14.6 Å². The average Bonchev–Trinajstić information content (AvgIpc) is 2.36. The Kier molecular flexibility index (Phi) is 6.35. The van der Waals surface area contributed by atoms with Gasteiger partial charge in [-0.2, -0.15) is 8.78 Å². The maximum Gasteiger partial charge on any atom is 0.387 e. The Morgan fingerprint density at radius 1 is 1.29 bits per heavy atom. The first kappa shape index (κ1) is 17.6. The molecule has 0 aromatic heterocycles. The van der Waals surface area contributed by atoms with E-state index in [1.54, 1.807) is 0 Å². The van der Waals surface area contributed by atoms with Gasteiger partial charge in [-0.3, -0.25) is 0 Å². The zero-order chi connectivity index (χ0) is 16.0. The molecule has 0 bridgehead atoms. The first-order chi connectivity index (χ1) is 9.73. The molecule has 0 aliphatic carbocycles. The molecule has 21 heavy (non-hydrogen) atoms. The molecular weight excluding hydrogens is 306 g/mol. The first-order valence-corrected chi connectivity index (χ1v) is 8.27. The molecule has 0 aliphatic heterocycles. The number of hydrogen-bond donors (Lipinski definition) is 1. The van der Waals surface area contributed by atoms with Crippen LogP contribution in [0.3, 0.4) is 0 Å². The van der Waals surface area contributed by atoms with E-state index in [9.17, 15) is 22.3 Å². The lowest BCUT2D eigenvalue weighted by Crippen LogP contribution is -2.07. The second-order valence-electron chi connectivity index (χ2n) is 4.58. The van der Waals surface area contributed by atoms with Crippen molar-refractivity contribution in [3.8, 4) is 11.5 Å². The summed E-state index contributed by atoms with van der Waals surface area (Å²) < 4.78 is 55.8. The van der Waals surface area contributed by atoms with Crippen LogP contribution >= 0.6 is 0 Å². The van der Waals surface area contributed by atoms with E-state index < -0.39 is 22.6 Å². The van der Waals surface area contributed by atoms with Gasteiger partial charge in [-0.1, -0.05) is 6.07 Å². The van der Waals surface area contributed by atoms with Crippen LogP contribution in [0.25, 0.3) is 0 Å². The van der Waals surface area contributed by atoms with E-state index in [0.29, 0.717) is 5.56 Å². The minimum absolute atomic E-state index is 0.0411. The van der Waals surface area contributed by atoms with E-state index in [-0.39, 0.29) is 30.1 Å². The van der Waals surface area contributed by atoms with Crippen molar-refractivity contribution in [3.05, 3.63) is 23.8 Å². The second-order valence-corrected chi connectivity index (χ2v) is 6.84. The highest BCUT2D eigenvalue weighted by Crippen LogP contribution is 2.32. The third kappa shape index (κ3) is 6.26. The summed E-state index contributed by atoms with van der Waals surface area (Å²) in [6.07, 6.45) is 0.629. The number of ether oxygens (including phenoxy) is 2. The summed E-state index contributed by atoms with van der Waals surface area (Å²) in [5.74, 6) is -0.0878. The average molecular weight is 324 g/mol. The number of benzene rings is 1. The summed E-state index contributed by atoms with van der Waals surface area (Å²) in [7, 11) is -1.78. The number of methoxy groups -OCH3 is 1. The van der Waals surface area contributed by atoms with Crippen molar-refractivity contribution in [3.63, 3.8) is 0 Å². The number of hydrogen-bond acceptors (Lipinski definition) is 5. The van der Waals surface area contributed by atoms with Crippen molar-refractivity contribution >= 4 is 9.84 Å². The van der Waals surface area contributed by atoms with E-state index in [0.717, 1.165) is 6.26 Å². The predicted molar refractivity (Wildman–Crippen MR) is 73.5 cm³/mol. The molecule has 0 fully saturated rings. The number of alkyl halides is 2. The van der Waals surface area contributed by atoms with E-state index in [1.165, 1.54) is 25.3 Å². The third-order valence-electron chi connectivity index (χ3n) is 2.78. The van der Waals surface area contributed by atoms with Crippen LogP contribution in [0.4, 0.5) is 8.78 Å². The van der Waals surface area contributed by atoms with Crippen LogP contribution in [0.5, 0.6) is 11.5 Å². The Morgan fingerprint density at radius 3 is 2.48 bits per heavy atom. The molecule has 1 N–H and O–H groups in total. The Bertz CT molecular complexity index is 560. The lowest BCUT2D eigenvalue weighted by molar-refractivity contribution is -0.0513. The number of aliphatic hydroxyl groups is 1. The summed E-state index contributed by atoms with van der Waals surface area (Å²) >= 11 is 0. The summed E-state index contributed by atoms with van der Waals surface area (Å²) in [5.41, 5.74) is 0.361. The molecule has 0 spiro atoms. The van der Waals surface area contributed by atoms with Crippen molar-refractivity contribution in [1.82, 2.24) is 0 Å². The first-order valence-electron chi connectivity index (χ1n) is 6.21. The van der Waals surface area contributed by atoms with Gasteiger partial charge in [-0.05, 0) is 30.5 Å². The van der Waals surface area contributed by atoms with E-state index in [2.05, 4.69) is 4.74 Å². The molecule has 8 heteroatoms. The Balaban J connectivity index is 2.77. The monoisotopic (exact) mass is 324 g/mol. The standard InChI is InChI=1S/C13H18F2O5S/c1-19-11-6-5-9(8-12(11)20-13(14)15)10(16)4-3-7-21(2,17)18/h5-6,8,10,13,16H,3-4,7H2,1-2H3. The predicted octanol–water partition coefficient (Wildman–Crippen LogP) is 2.15. The van der Waals surface area contributed by atoms with E-state index in [4.69, 9.17) is 4.74 Å². The quantitative estimate of drug-likeness (QED) is 0.793.